The summed E-state index contributed by atoms with van der Waals surface area (Å²) in [4.78, 5) is 2.43. The Hall–Kier alpha value is -0.380. The highest BCUT2D eigenvalue weighted by Gasteiger charge is 2.13. The average molecular weight is 238 g/mol. The third-order valence-corrected chi connectivity index (χ3v) is 4.02. The maximum atomic E-state index is 3.56. The van der Waals surface area contributed by atoms with Crippen LogP contribution in [0, 0.1) is 0 Å². The number of hydrogen-bond donors (Lipinski definition) is 1. The van der Waals surface area contributed by atoms with Crippen LogP contribution in [0.15, 0.2) is 16.8 Å². The molecule has 0 aromatic carbocycles. The van der Waals surface area contributed by atoms with Gasteiger partial charge in [-0.3, -0.25) is 0 Å². The van der Waals surface area contributed by atoms with Gasteiger partial charge in [0.1, 0.15) is 0 Å². The number of hydrogen-bond acceptors (Lipinski definition) is 3. The quantitative estimate of drug-likeness (QED) is 0.820. The molecule has 0 bridgehead atoms. The van der Waals surface area contributed by atoms with Crippen molar-refractivity contribution in [1.29, 1.82) is 0 Å². The van der Waals surface area contributed by atoms with Crippen molar-refractivity contribution in [3.8, 4) is 0 Å². The Morgan fingerprint density at radius 1 is 1.56 bits per heavy atom. The van der Waals surface area contributed by atoms with E-state index in [1.54, 1.807) is 11.3 Å². The lowest BCUT2D eigenvalue weighted by Crippen LogP contribution is -2.24. The van der Waals surface area contributed by atoms with Gasteiger partial charge in [-0.2, -0.15) is 11.3 Å². The predicted octanol–water partition coefficient (Wildman–Crippen LogP) is 2.71. The molecule has 90 valence electrons. The molecule has 2 nitrogen and oxygen atoms in total. The zero-order valence-corrected chi connectivity index (χ0v) is 10.9. The molecule has 1 aromatic rings. The maximum absolute atomic E-state index is 3.56. The van der Waals surface area contributed by atoms with Gasteiger partial charge in [0.25, 0.3) is 0 Å². The van der Waals surface area contributed by atoms with Gasteiger partial charge in [-0.15, -0.1) is 0 Å². The van der Waals surface area contributed by atoms with Gasteiger partial charge in [-0.1, -0.05) is 0 Å². The lowest BCUT2D eigenvalue weighted by atomic mass is 10.1. The minimum atomic E-state index is 0.801. The molecule has 0 radical (unpaired) electrons. The Morgan fingerprint density at radius 3 is 3.19 bits per heavy atom. The van der Waals surface area contributed by atoms with Crippen molar-refractivity contribution in [2.24, 2.45) is 0 Å². The molecule has 16 heavy (non-hydrogen) atoms. The van der Waals surface area contributed by atoms with Gasteiger partial charge in [-0.05, 0) is 68.2 Å². The number of rotatable bonds is 6. The zero-order chi connectivity index (χ0) is 11.2. The molecule has 0 amide bonds. The summed E-state index contributed by atoms with van der Waals surface area (Å²) in [5.41, 5.74) is 1.45. The van der Waals surface area contributed by atoms with E-state index in [-0.39, 0.29) is 0 Å². The second-order valence-electron chi connectivity index (χ2n) is 4.80. The average Bonchev–Trinajstić information content (AvgIpc) is 2.90. The first-order valence-electron chi connectivity index (χ1n) is 6.27. The van der Waals surface area contributed by atoms with E-state index >= 15 is 0 Å². The van der Waals surface area contributed by atoms with Crippen LogP contribution >= 0.6 is 11.3 Å². The van der Waals surface area contributed by atoms with Crippen molar-refractivity contribution in [2.45, 2.75) is 38.3 Å². The largest absolute Gasteiger partial charge is 0.314 e. The summed E-state index contributed by atoms with van der Waals surface area (Å²) in [6, 6.07) is 3.02. The van der Waals surface area contributed by atoms with Gasteiger partial charge in [0.15, 0.2) is 0 Å². The van der Waals surface area contributed by atoms with Gasteiger partial charge in [0.2, 0.25) is 0 Å². The van der Waals surface area contributed by atoms with Gasteiger partial charge in [0.05, 0.1) is 0 Å². The van der Waals surface area contributed by atoms with E-state index in [1.807, 2.05) is 0 Å². The second-order valence-corrected chi connectivity index (χ2v) is 5.58. The highest BCUT2D eigenvalue weighted by atomic mass is 32.1. The SMILES string of the molecule is CN(CCCC1CCCN1)Cc1ccsc1. The molecule has 1 N–H and O–H groups in total. The Kier molecular flexibility index (Phi) is 4.82. The molecule has 1 aliphatic heterocycles. The van der Waals surface area contributed by atoms with Gasteiger partial charge in [-0.25, -0.2) is 0 Å². The summed E-state index contributed by atoms with van der Waals surface area (Å²) in [6.07, 6.45) is 5.41. The van der Waals surface area contributed by atoms with E-state index in [0.717, 1.165) is 12.6 Å². The standard InChI is InChI=1S/C13H22N2S/c1-15(10-12-6-9-16-11-12)8-3-5-13-4-2-7-14-13/h6,9,11,13-14H,2-5,7-8,10H2,1H3. The zero-order valence-electron chi connectivity index (χ0n) is 10.1. The molecule has 1 saturated heterocycles. The smallest absolute Gasteiger partial charge is 0.0238 e. The molecule has 0 aliphatic carbocycles. The van der Waals surface area contributed by atoms with Crippen LogP contribution in [0.1, 0.15) is 31.2 Å². The van der Waals surface area contributed by atoms with Crippen LogP contribution in [0.4, 0.5) is 0 Å². The monoisotopic (exact) mass is 238 g/mol. The molecule has 1 aromatic heterocycles. The normalized spacial score (nSPS) is 20.8. The van der Waals surface area contributed by atoms with Crippen molar-refractivity contribution in [3.05, 3.63) is 22.4 Å². The summed E-state index contributed by atoms with van der Waals surface area (Å²) < 4.78 is 0. The van der Waals surface area contributed by atoms with Crippen LogP contribution in [-0.4, -0.2) is 31.1 Å². The van der Waals surface area contributed by atoms with E-state index in [2.05, 4.69) is 34.1 Å². The van der Waals surface area contributed by atoms with E-state index in [1.165, 1.54) is 44.3 Å². The Morgan fingerprint density at radius 2 is 2.50 bits per heavy atom. The minimum absolute atomic E-state index is 0.801. The van der Waals surface area contributed by atoms with E-state index in [4.69, 9.17) is 0 Å². The van der Waals surface area contributed by atoms with E-state index in [0.29, 0.717) is 0 Å². The molecule has 2 rings (SSSR count). The molecular formula is C13H22N2S. The molecule has 1 atom stereocenters. The molecule has 3 heteroatoms. The summed E-state index contributed by atoms with van der Waals surface area (Å²) >= 11 is 1.79. The van der Waals surface area contributed by atoms with Crippen molar-refractivity contribution in [2.75, 3.05) is 20.1 Å². The third-order valence-electron chi connectivity index (χ3n) is 3.29. The van der Waals surface area contributed by atoms with E-state index in [9.17, 15) is 0 Å². The van der Waals surface area contributed by atoms with Crippen molar-refractivity contribution in [1.82, 2.24) is 10.2 Å². The summed E-state index contributed by atoms with van der Waals surface area (Å²) in [7, 11) is 2.22. The van der Waals surface area contributed by atoms with Crippen LogP contribution in [0.3, 0.4) is 0 Å². The highest BCUT2D eigenvalue weighted by molar-refractivity contribution is 7.07. The number of nitrogens with zero attached hydrogens (tertiary/aromatic N) is 1. The Balaban J connectivity index is 1.58. The van der Waals surface area contributed by atoms with Crippen molar-refractivity contribution >= 4 is 11.3 Å². The fourth-order valence-corrected chi connectivity index (χ4v) is 3.04. The first-order chi connectivity index (χ1) is 7.84. The van der Waals surface area contributed by atoms with Crippen LogP contribution in [-0.2, 0) is 6.54 Å². The molecule has 1 unspecified atom stereocenters. The molecular weight excluding hydrogens is 216 g/mol. The van der Waals surface area contributed by atoms with Crippen LogP contribution in [0.2, 0.25) is 0 Å². The maximum Gasteiger partial charge on any atom is 0.0238 e. The van der Waals surface area contributed by atoms with Crippen LogP contribution in [0.5, 0.6) is 0 Å². The first kappa shape index (κ1) is 12.1. The minimum Gasteiger partial charge on any atom is -0.314 e. The highest BCUT2D eigenvalue weighted by Crippen LogP contribution is 2.12. The van der Waals surface area contributed by atoms with Crippen molar-refractivity contribution < 1.29 is 0 Å². The van der Waals surface area contributed by atoms with Gasteiger partial charge >= 0.3 is 0 Å². The lowest BCUT2D eigenvalue weighted by molar-refractivity contribution is 0.312. The Bertz CT molecular complexity index is 278. The fourth-order valence-electron chi connectivity index (χ4n) is 2.38. The topological polar surface area (TPSA) is 15.3 Å². The molecule has 2 heterocycles. The summed E-state index contributed by atoms with van der Waals surface area (Å²) in [6.45, 7) is 3.55. The number of nitrogens with one attached hydrogen (secondary N) is 1. The number of thiophene rings is 1. The predicted molar refractivity (Wildman–Crippen MR) is 70.9 cm³/mol. The fraction of sp³-hybridized carbons (Fsp3) is 0.692. The molecule has 0 spiro atoms. The van der Waals surface area contributed by atoms with Crippen molar-refractivity contribution in [3.63, 3.8) is 0 Å². The van der Waals surface area contributed by atoms with Gasteiger partial charge < -0.3 is 10.2 Å². The Labute approximate surface area is 103 Å². The molecule has 1 fully saturated rings. The van der Waals surface area contributed by atoms with Crippen LogP contribution < -0.4 is 5.32 Å². The van der Waals surface area contributed by atoms with Gasteiger partial charge in [0, 0.05) is 12.6 Å². The van der Waals surface area contributed by atoms with E-state index < -0.39 is 0 Å². The molecule has 0 saturated carbocycles. The lowest BCUT2D eigenvalue weighted by Gasteiger charge is -2.17. The third kappa shape index (κ3) is 3.89. The second kappa shape index (κ2) is 6.38. The summed E-state index contributed by atoms with van der Waals surface area (Å²) in [5.74, 6) is 0. The summed E-state index contributed by atoms with van der Waals surface area (Å²) in [5, 5.41) is 7.96. The van der Waals surface area contributed by atoms with Crippen LogP contribution in [0.25, 0.3) is 0 Å². The molecule has 1 aliphatic rings. The first-order valence-corrected chi connectivity index (χ1v) is 7.22.